The van der Waals surface area contributed by atoms with E-state index in [-0.39, 0.29) is 11.4 Å². The van der Waals surface area contributed by atoms with Gasteiger partial charge in [0.05, 0.1) is 11.2 Å². The number of nitriles is 1. The van der Waals surface area contributed by atoms with E-state index < -0.39 is 0 Å². The SMILES string of the molecule is Cn1nc(Br)c2cccc(NC=C(C#N)c3nn[nH]n3)c21. The summed E-state index contributed by atoms with van der Waals surface area (Å²) >= 11 is 3.42. The Labute approximate surface area is 127 Å². The lowest BCUT2D eigenvalue weighted by atomic mass is 10.2. The van der Waals surface area contributed by atoms with Gasteiger partial charge in [-0.25, -0.2) is 0 Å². The maximum Gasteiger partial charge on any atom is 0.216 e. The smallest absolute Gasteiger partial charge is 0.216 e. The molecule has 104 valence electrons. The summed E-state index contributed by atoms with van der Waals surface area (Å²) in [7, 11) is 1.85. The Bertz CT molecular complexity index is 855. The van der Waals surface area contributed by atoms with Gasteiger partial charge in [0, 0.05) is 18.6 Å². The first kappa shape index (κ1) is 13.3. The largest absolute Gasteiger partial charge is 0.359 e. The third-order valence-electron chi connectivity index (χ3n) is 2.90. The van der Waals surface area contributed by atoms with E-state index in [9.17, 15) is 0 Å². The second kappa shape index (κ2) is 5.34. The average molecular weight is 345 g/mol. The topological polar surface area (TPSA) is 108 Å². The zero-order valence-electron chi connectivity index (χ0n) is 10.9. The van der Waals surface area contributed by atoms with Gasteiger partial charge in [0.15, 0.2) is 0 Å². The van der Waals surface area contributed by atoms with Crippen LogP contribution in [0.5, 0.6) is 0 Å². The highest BCUT2D eigenvalue weighted by atomic mass is 79.9. The van der Waals surface area contributed by atoms with Crippen molar-refractivity contribution in [3.05, 3.63) is 34.8 Å². The van der Waals surface area contributed by atoms with Crippen LogP contribution in [0.15, 0.2) is 29.0 Å². The number of hydrogen-bond acceptors (Lipinski definition) is 6. The molecule has 21 heavy (non-hydrogen) atoms. The van der Waals surface area contributed by atoms with E-state index in [0.29, 0.717) is 0 Å². The van der Waals surface area contributed by atoms with Crippen molar-refractivity contribution in [1.82, 2.24) is 30.4 Å². The van der Waals surface area contributed by atoms with Gasteiger partial charge in [-0.1, -0.05) is 6.07 Å². The Hall–Kier alpha value is -2.73. The molecule has 2 aromatic heterocycles. The van der Waals surface area contributed by atoms with Crippen molar-refractivity contribution in [3.63, 3.8) is 0 Å². The van der Waals surface area contributed by atoms with Crippen molar-refractivity contribution >= 4 is 38.1 Å². The summed E-state index contributed by atoms with van der Waals surface area (Å²) in [6.07, 6.45) is 1.54. The van der Waals surface area contributed by atoms with Gasteiger partial charge in [0.1, 0.15) is 16.2 Å². The molecule has 0 amide bonds. The van der Waals surface area contributed by atoms with Gasteiger partial charge in [-0.2, -0.15) is 15.6 Å². The second-order valence-corrected chi connectivity index (χ2v) is 4.92. The first-order valence-electron chi connectivity index (χ1n) is 5.92. The van der Waals surface area contributed by atoms with Crippen molar-refractivity contribution < 1.29 is 0 Å². The fourth-order valence-electron chi connectivity index (χ4n) is 1.98. The summed E-state index contributed by atoms with van der Waals surface area (Å²) in [5.41, 5.74) is 2.03. The monoisotopic (exact) mass is 344 g/mol. The predicted molar refractivity (Wildman–Crippen MR) is 79.8 cm³/mol. The molecule has 2 N–H and O–H groups in total. The number of tetrazole rings is 1. The molecule has 0 fully saturated rings. The molecule has 0 aliphatic carbocycles. The van der Waals surface area contributed by atoms with E-state index in [1.54, 1.807) is 10.9 Å². The van der Waals surface area contributed by atoms with Crippen LogP contribution in [-0.2, 0) is 7.05 Å². The van der Waals surface area contributed by atoms with E-state index >= 15 is 0 Å². The molecule has 0 atom stereocenters. The molecule has 0 radical (unpaired) electrons. The molecule has 9 heteroatoms. The van der Waals surface area contributed by atoms with Crippen LogP contribution in [-0.4, -0.2) is 30.4 Å². The number of allylic oxidation sites excluding steroid dienone is 1. The minimum atomic E-state index is 0.239. The number of halogens is 1. The molecule has 0 bridgehead atoms. The number of rotatable bonds is 3. The highest BCUT2D eigenvalue weighted by molar-refractivity contribution is 9.10. The molecule has 0 spiro atoms. The molecular weight excluding hydrogens is 336 g/mol. The van der Waals surface area contributed by atoms with Gasteiger partial charge in [-0.05, 0) is 33.3 Å². The molecule has 2 heterocycles. The molecule has 1 aromatic carbocycles. The normalized spacial score (nSPS) is 11.6. The number of para-hydroxylation sites is 1. The number of aryl methyl sites for hydroxylation is 1. The third kappa shape index (κ3) is 2.36. The van der Waals surface area contributed by atoms with Gasteiger partial charge < -0.3 is 5.32 Å². The van der Waals surface area contributed by atoms with Gasteiger partial charge in [-0.15, -0.1) is 10.2 Å². The summed E-state index contributed by atoms with van der Waals surface area (Å²) in [4.78, 5) is 0. The zero-order valence-corrected chi connectivity index (χ0v) is 12.5. The molecule has 0 aliphatic heterocycles. The van der Waals surface area contributed by atoms with E-state index in [1.165, 1.54) is 0 Å². The van der Waals surface area contributed by atoms with Crippen LogP contribution in [0.25, 0.3) is 16.5 Å². The van der Waals surface area contributed by atoms with E-state index in [2.05, 4.69) is 47.0 Å². The molecule has 3 aromatic rings. The van der Waals surface area contributed by atoms with Gasteiger partial charge in [-0.3, -0.25) is 4.68 Å². The number of benzene rings is 1. The zero-order chi connectivity index (χ0) is 14.8. The Morgan fingerprint density at radius 1 is 1.52 bits per heavy atom. The molecule has 0 aliphatic rings. The van der Waals surface area contributed by atoms with Crippen molar-refractivity contribution in [2.45, 2.75) is 0 Å². The van der Waals surface area contributed by atoms with Crippen molar-refractivity contribution in [2.24, 2.45) is 7.05 Å². The number of aromatic nitrogens is 6. The lowest BCUT2D eigenvalue weighted by molar-refractivity contribution is 0.789. The van der Waals surface area contributed by atoms with Crippen molar-refractivity contribution in [1.29, 1.82) is 5.26 Å². The molecular formula is C12H9BrN8. The predicted octanol–water partition coefficient (Wildman–Crippen LogP) is 1.83. The van der Waals surface area contributed by atoms with Gasteiger partial charge in [0.25, 0.3) is 0 Å². The fraction of sp³-hybridized carbons (Fsp3) is 0.0833. The third-order valence-corrected chi connectivity index (χ3v) is 3.48. The minimum absolute atomic E-state index is 0.239. The quantitative estimate of drug-likeness (QED) is 0.701. The standard InChI is InChI=1S/C12H9BrN8/c1-21-10-8(11(13)18-21)3-2-4-9(10)15-6-7(5-14)12-16-19-20-17-12/h2-4,6,15H,1H3,(H,16,17,19,20). The first-order chi connectivity index (χ1) is 10.2. The first-order valence-corrected chi connectivity index (χ1v) is 6.72. The molecule has 0 saturated heterocycles. The van der Waals surface area contributed by atoms with E-state index in [4.69, 9.17) is 5.26 Å². The Balaban J connectivity index is 2.01. The summed E-state index contributed by atoms with van der Waals surface area (Å²) in [6.45, 7) is 0. The Morgan fingerprint density at radius 2 is 2.38 bits per heavy atom. The van der Waals surface area contributed by atoms with Crippen LogP contribution in [0, 0.1) is 11.3 Å². The summed E-state index contributed by atoms with van der Waals surface area (Å²) in [6, 6.07) is 7.80. The summed E-state index contributed by atoms with van der Waals surface area (Å²) < 4.78 is 2.53. The van der Waals surface area contributed by atoms with Gasteiger partial charge in [0.2, 0.25) is 5.82 Å². The molecule has 8 nitrogen and oxygen atoms in total. The Kier molecular flexibility index (Phi) is 3.37. The molecule has 0 unspecified atom stereocenters. The number of hydrogen-bond donors (Lipinski definition) is 2. The lowest BCUT2D eigenvalue weighted by Gasteiger charge is -2.04. The van der Waals surface area contributed by atoms with Crippen LogP contribution in [0.1, 0.15) is 5.82 Å². The molecule has 0 saturated carbocycles. The second-order valence-electron chi connectivity index (χ2n) is 4.17. The van der Waals surface area contributed by atoms with Gasteiger partial charge >= 0.3 is 0 Å². The lowest BCUT2D eigenvalue weighted by Crippen LogP contribution is -1.97. The highest BCUT2D eigenvalue weighted by Gasteiger charge is 2.10. The number of nitrogens with zero attached hydrogens (tertiary/aromatic N) is 6. The van der Waals surface area contributed by atoms with Crippen LogP contribution in [0.3, 0.4) is 0 Å². The number of aromatic amines is 1. The van der Waals surface area contributed by atoms with Crippen LogP contribution in [0.4, 0.5) is 5.69 Å². The summed E-state index contributed by atoms with van der Waals surface area (Å²) in [5.74, 6) is 0.239. The van der Waals surface area contributed by atoms with E-state index in [0.717, 1.165) is 21.2 Å². The van der Waals surface area contributed by atoms with E-state index in [1.807, 2.05) is 31.3 Å². The maximum atomic E-state index is 9.14. The van der Waals surface area contributed by atoms with Crippen molar-refractivity contribution in [3.8, 4) is 6.07 Å². The van der Waals surface area contributed by atoms with Crippen molar-refractivity contribution in [2.75, 3.05) is 5.32 Å². The highest BCUT2D eigenvalue weighted by Crippen LogP contribution is 2.28. The minimum Gasteiger partial charge on any atom is -0.359 e. The average Bonchev–Trinajstić information content (AvgIpc) is 3.10. The number of anilines is 1. The molecule has 3 rings (SSSR count). The van der Waals surface area contributed by atoms with Crippen LogP contribution in [0.2, 0.25) is 0 Å². The number of H-pyrrole nitrogens is 1. The number of fused-ring (bicyclic) bond motifs is 1. The van der Waals surface area contributed by atoms with Crippen LogP contribution >= 0.6 is 15.9 Å². The number of nitrogens with one attached hydrogen (secondary N) is 2. The fourth-order valence-corrected chi connectivity index (χ4v) is 2.54. The Morgan fingerprint density at radius 3 is 3.10 bits per heavy atom. The maximum absolute atomic E-state index is 9.14. The summed E-state index contributed by atoms with van der Waals surface area (Å²) in [5, 5.41) is 30.8. The van der Waals surface area contributed by atoms with Crippen LogP contribution < -0.4 is 5.32 Å².